The van der Waals surface area contributed by atoms with Gasteiger partial charge >= 0.3 is 0 Å². The summed E-state index contributed by atoms with van der Waals surface area (Å²) in [5.41, 5.74) is 5.92. The summed E-state index contributed by atoms with van der Waals surface area (Å²) in [4.78, 5) is 12.7. The molecule has 168 valence electrons. The minimum absolute atomic E-state index is 0.0833. The molecular weight excluding hydrogens is 428 g/mol. The molecule has 4 aromatic carbocycles. The topological polar surface area (TPSA) is 51.2 Å². The summed E-state index contributed by atoms with van der Waals surface area (Å²) in [6.07, 6.45) is 0. The number of benzene rings is 4. The molecule has 0 atom stereocenters. The molecule has 0 heterocycles. The quantitative estimate of drug-likeness (QED) is 0.322. The Kier molecular flexibility index (Phi) is 7.62. The van der Waals surface area contributed by atoms with Crippen LogP contribution in [0.25, 0.3) is 0 Å². The van der Waals surface area contributed by atoms with E-state index >= 15 is 0 Å². The number of sulfone groups is 1. The average Bonchev–Trinajstić information content (AvgIpc) is 2.81. The molecule has 0 aliphatic carbocycles. The highest BCUT2D eigenvalue weighted by atomic mass is 32.2. The van der Waals surface area contributed by atoms with Crippen molar-refractivity contribution in [2.24, 2.45) is 0 Å². The van der Waals surface area contributed by atoms with E-state index in [0.717, 1.165) is 22.3 Å². The van der Waals surface area contributed by atoms with E-state index in [4.69, 9.17) is 0 Å². The lowest BCUT2D eigenvalue weighted by Gasteiger charge is -2.05. The molecule has 0 saturated heterocycles. The highest BCUT2D eigenvalue weighted by Crippen LogP contribution is 2.21. The Labute approximate surface area is 196 Å². The number of aryl methyl sites for hydroxylation is 4. The van der Waals surface area contributed by atoms with Crippen molar-refractivity contribution in [2.75, 3.05) is 0 Å². The van der Waals surface area contributed by atoms with Crippen LogP contribution in [0, 0.1) is 27.7 Å². The van der Waals surface area contributed by atoms with Gasteiger partial charge in [-0.1, -0.05) is 95.1 Å². The fraction of sp³-hybridized carbons (Fsp3) is 0.138. The fourth-order valence-electron chi connectivity index (χ4n) is 3.15. The fourth-order valence-corrected chi connectivity index (χ4v) is 4.41. The molecule has 0 fully saturated rings. The van der Waals surface area contributed by atoms with Gasteiger partial charge in [-0.3, -0.25) is 4.79 Å². The van der Waals surface area contributed by atoms with Crippen molar-refractivity contribution < 1.29 is 13.2 Å². The lowest BCUT2D eigenvalue weighted by molar-refractivity contribution is 0.103. The van der Waals surface area contributed by atoms with Crippen LogP contribution in [-0.2, 0) is 9.84 Å². The first-order valence-corrected chi connectivity index (χ1v) is 12.2. The van der Waals surface area contributed by atoms with Crippen molar-refractivity contribution >= 4 is 15.6 Å². The van der Waals surface area contributed by atoms with Crippen LogP contribution in [0.3, 0.4) is 0 Å². The van der Waals surface area contributed by atoms with Crippen LogP contribution in [0.1, 0.15) is 38.2 Å². The molecular formula is C29H28O3S. The molecule has 0 radical (unpaired) electrons. The molecule has 4 rings (SSSR count). The van der Waals surface area contributed by atoms with Gasteiger partial charge in [0.1, 0.15) is 0 Å². The van der Waals surface area contributed by atoms with E-state index in [1.165, 1.54) is 11.1 Å². The van der Waals surface area contributed by atoms with Crippen LogP contribution < -0.4 is 0 Å². The van der Waals surface area contributed by atoms with Gasteiger partial charge in [-0.15, -0.1) is 0 Å². The molecule has 0 bridgehead atoms. The first-order valence-electron chi connectivity index (χ1n) is 10.7. The third-order valence-corrected chi connectivity index (χ3v) is 7.08. The molecule has 0 aliphatic heterocycles. The minimum atomic E-state index is -3.37. The monoisotopic (exact) mass is 456 g/mol. The molecule has 0 amide bonds. The van der Waals surface area contributed by atoms with E-state index < -0.39 is 9.84 Å². The second-order valence-electron chi connectivity index (χ2n) is 8.19. The number of hydrogen-bond donors (Lipinski definition) is 0. The number of hydrogen-bond acceptors (Lipinski definition) is 3. The second-order valence-corrected chi connectivity index (χ2v) is 10.1. The van der Waals surface area contributed by atoms with Gasteiger partial charge in [-0.05, 0) is 52.0 Å². The molecule has 3 nitrogen and oxygen atoms in total. The summed E-state index contributed by atoms with van der Waals surface area (Å²) >= 11 is 0. The minimum Gasteiger partial charge on any atom is -0.289 e. The van der Waals surface area contributed by atoms with E-state index in [1.54, 1.807) is 48.5 Å². The number of carbonyl (C=O) groups excluding carboxylic acids is 1. The third-order valence-electron chi connectivity index (χ3n) is 5.29. The number of rotatable bonds is 4. The lowest BCUT2D eigenvalue weighted by Crippen LogP contribution is -2.01. The predicted molar refractivity (Wildman–Crippen MR) is 134 cm³/mol. The normalized spacial score (nSPS) is 10.8. The van der Waals surface area contributed by atoms with Gasteiger partial charge in [0.2, 0.25) is 9.84 Å². The number of carbonyl (C=O) groups is 1. The molecule has 4 heteroatoms. The average molecular weight is 457 g/mol. The second kappa shape index (κ2) is 10.4. The van der Waals surface area contributed by atoms with Gasteiger partial charge in [-0.25, -0.2) is 8.42 Å². The Morgan fingerprint density at radius 1 is 0.455 bits per heavy atom. The summed E-state index contributed by atoms with van der Waals surface area (Å²) in [5.74, 6) is 0.0833. The van der Waals surface area contributed by atoms with Crippen molar-refractivity contribution in [3.8, 4) is 0 Å². The van der Waals surface area contributed by atoms with Gasteiger partial charge in [-0.2, -0.15) is 0 Å². The number of ketones is 1. The highest BCUT2D eigenvalue weighted by molar-refractivity contribution is 7.91. The zero-order valence-corrected chi connectivity index (χ0v) is 20.2. The van der Waals surface area contributed by atoms with Crippen LogP contribution in [0.4, 0.5) is 0 Å². The van der Waals surface area contributed by atoms with Crippen molar-refractivity contribution in [3.63, 3.8) is 0 Å². The maximum Gasteiger partial charge on any atom is 0.206 e. The maximum atomic E-state index is 12.3. The zero-order chi connectivity index (χ0) is 24.0. The van der Waals surface area contributed by atoms with Gasteiger partial charge < -0.3 is 0 Å². The van der Waals surface area contributed by atoms with Gasteiger partial charge in [0, 0.05) is 11.1 Å². The summed E-state index contributed by atoms with van der Waals surface area (Å²) in [5, 5.41) is 0. The van der Waals surface area contributed by atoms with Crippen molar-refractivity contribution in [1.29, 1.82) is 0 Å². The first-order chi connectivity index (χ1) is 15.7. The third kappa shape index (κ3) is 6.27. The molecule has 33 heavy (non-hydrogen) atoms. The van der Waals surface area contributed by atoms with E-state index in [-0.39, 0.29) is 5.78 Å². The van der Waals surface area contributed by atoms with Crippen LogP contribution in [-0.4, -0.2) is 14.2 Å². The summed E-state index contributed by atoms with van der Waals surface area (Å²) in [7, 11) is -3.37. The molecule has 0 unspecified atom stereocenters. The van der Waals surface area contributed by atoms with E-state index in [1.807, 2.05) is 76.2 Å². The largest absolute Gasteiger partial charge is 0.289 e. The molecule has 0 aliphatic rings. The highest BCUT2D eigenvalue weighted by Gasteiger charge is 2.16. The molecule has 0 spiro atoms. The van der Waals surface area contributed by atoms with Crippen LogP contribution in [0.5, 0.6) is 0 Å². The van der Waals surface area contributed by atoms with E-state index in [2.05, 4.69) is 0 Å². The van der Waals surface area contributed by atoms with Crippen molar-refractivity contribution in [2.45, 2.75) is 37.5 Å². The standard InChI is InChI=1S/C15H14O.C14H14O2S/c1-11-3-7-13(8-4-11)15(16)14-9-5-12(2)6-10-14;1-11-3-7-13(8-4-11)17(15,16)14-9-5-12(2)6-10-14/h3-10H,1-2H3;3-10H,1-2H3. The zero-order valence-electron chi connectivity index (χ0n) is 19.4. The summed E-state index contributed by atoms with van der Waals surface area (Å²) in [6, 6.07) is 29.1. The van der Waals surface area contributed by atoms with Crippen molar-refractivity contribution in [1.82, 2.24) is 0 Å². The molecule has 0 N–H and O–H groups in total. The van der Waals surface area contributed by atoms with Crippen LogP contribution >= 0.6 is 0 Å². The Morgan fingerprint density at radius 3 is 0.970 bits per heavy atom. The van der Waals surface area contributed by atoms with Crippen LogP contribution in [0.15, 0.2) is 107 Å². The van der Waals surface area contributed by atoms with Gasteiger partial charge in [0.15, 0.2) is 5.78 Å². The SMILES string of the molecule is Cc1ccc(C(=O)c2ccc(C)cc2)cc1.Cc1ccc(S(=O)(=O)c2ccc(C)cc2)cc1. The Morgan fingerprint density at radius 2 is 0.697 bits per heavy atom. The summed E-state index contributed by atoms with van der Waals surface area (Å²) in [6.45, 7) is 7.89. The Bertz CT molecular complexity index is 1220. The maximum absolute atomic E-state index is 12.3. The predicted octanol–water partition coefficient (Wildman–Crippen LogP) is 6.67. The lowest BCUT2D eigenvalue weighted by atomic mass is 10.0. The molecule has 0 saturated carbocycles. The Hall–Kier alpha value is -3.50. The molecule has 0 aromatic heterocycles. The summed E-state index contributed by atoms with van der Waals surface area (Å²) < 4.78 is 24.5. The van der Waals surface area contributed by atoms with E-state index in [9.17, 15) is 13.2 Å². The van der Waals surface area contributed by atoms with Crippen molar-refractivity contribution in [3.05, 3.63) is 130 Å². The Balaban J connectivity index is 0.000000186. The van der Waals surface area contributed by atoms with Gasteiger partial charge in [0.05, 0.1) is 9.79 Å². The van der Waals surface area contributed by atoms with E-state index in [0.29, 0.717) is 9.79 Å². The molecule has 4 aromatic rings. The smallest absolute Gasteiger partial charge is 0.206 e. The van der Waals surface area contributed by atoms with Crippen LogP contribution in [0.2, 0.25) is 0 Å². The van der Waals surface area contributed by atoms with Gasteiger partial charge in [0.25, 0.3) is 0 Å². The first kappa shape index (κ1) is 24.1.